The van der Waals surface area contributed by atoms with E-state index in [9.17, 15) is 0 Å². The minimum absolute atomic E-state index is 0.326. The van der Waals surface area contributed by atoms with Crippen LogP contribution in [0.4, 0.5) is 0 Å². The average molecular weight is 272 g/mol. The van der Waals surface area contributed by atoms with Gasteiger partial charge in [0.25, 0.3) is 0 Å². The molecule has 1 aliphatic rings. The molecule has 0 bridgehead atoms. The van der Waals surface area contributed by atoms with Gasteiger partial charge in [-0.1, -0.05) is 18.0 Å². The minimum atomic E-state index is 0.326. The van der Waals surface area contributed by atoms with Gasteiger partial charge in [0.15, 0.2) is 0 Å². The maximum atomic E-state index is 5.52. The number of pyridine rings is 1. The van der Waals surface area contributed by atoms with Crippen LogP contribution in [0.2, 0.25) is 0 Å². The van der Waals surface area contributed by atoms with E-state index in [0.29, 0.717) is 17.8 Å². The number of hydrogen-bond donors (Lipinski definition) is 1. The molecule has 1 saturated carbocycles. The number of aromatic nitrogens is 3. The fourth-order valence-electron chi connectivity index (χ4n) is 2.97. The van der Waals surface area contributed by atoms with E-state index < -0.39 is 0 Å². The molecule has 2 aromatic rings. The highest BCUT2D eigenvalue weighted by atomic mass is 16.5. The summed E-state index contributed by atoms with van der Waals surface area (Å²) in [7, 11) is 2.01. The molecule has 2 heterocycles. The first kappa shape index (κ1) is 13.2. The van der Waals surface area contributed by atoms with Crippen LogP contribution in [0.5, 0.6) is 0 Å². The summed E-state index contributed by atoms with van der Waals surface area (Å²) in [5.74, 6) is 1.72. The summed E-state index contributed by atoms with van der Waals surface area (Å²) in [5, 5.41) is 7.51. The highest BCUT2D eigenvalue weighted by Gasteiger charge is 2.30. The van der Waals surface area contributed by atoms with Crippen LogP contribution in [0, 0.1) is 6.92 Å². The van der Waals surface area contributed by atoms with Crippen molar-refractivity contribution in [2.24, 2.45) is 0 Å². The lowest BCUT2D eigenvalue weighted by Gasteiger charge is -2.28. The largest absolute Gasteiger partial charge is 0.339 e. The first-order chi connectivity index (χ1) is 9.79. The first-order valence-electron chi connectivity index (χ1n) is 7.21. The second kappa shape index (κ2) is 5.71. The molecule has 2 atom stereocenters. The Balaban J connectivity index is 1.88. The predicted molar refractivity (Wildman–Crippen MR) is 76.3 cm³/mol. The van der Waals surface area contributed by atoms with Crippen LogP contribution in [-0.4, -0.2) is 28.2 Å². The zero-order valence-electron chi connectivity index (χ0n) is 12.0. The molecule has 106 valence electrons. The van der Waals surface area contributed by atoms with Crippen molar-refractivity contribution in [3.05, 3.63) is 29.9 Å². The van der Waals surface area contributed by atoms with Crippen LogP contribution in [0.25, 0.3) is 11.4 Å². The molecule has 0 spiro atoms. The maximum Gasteiger partial charge on any atom is 0.231 e. The summed E-state index contributed by atoms with van der Waals surface area (Å²) >= 11 is 0. The Morgan fingerprint density at radius 2 is 2.15 bits per heavy atom. The molecule has 0 radical (unpaired) electrons. The van der Waals surface area contributed by atoms with Gasteiger partial charge in [-0.15, -0.1) is 0 Å². The fourth-order valence-corrected chi connectivity index (χ4v) is 2.97. The van der Waals surface area contributed by atoms with Crippen LogP contribution in [0.3, 0.4) is 0 Å². The number of nitrogens with one attached hydrogen (secondary N) is 1. The average Bonchev–Trinajstić information content (AvgIpc) is 2.97. The second-order valence-electron chi connectivity index (χ2n) is 5.43. The van der Waals surface area contributed by atoms with Gasteiger partial charge >= 0.3 is 0 Å². The molecule has 5 nitrogen and oxygen atoms in total. The molecule has 2 aromatic heterocycles. The highest BCUT2D eigenvalue weighted by Crippen LogP contribution is 2.33. The van der Waals surface area contributed by atoms with E-state index in [1.807, 2.05) is 20.0 Å². The van der Waals surface area contributed by atoms with Gasteiger partial charge in [0.1, 0.15) is 0 Å². The molecule has 1 fully saturated rings. The van der Waals surface area contributed by atoms with Crippen molar-refractivity contribution < 1.29 is 4.52 Å². The quantitative estimate of drug-likeness (QED) is 0.930. The third-order valence-corrected chi connectivity index (χ3v) is 4.18. The van der Waals surface area contributed by atoms with Gasteiger partial charge in [-0.3, -0.25) is 4.98 Å². The molecule has 1 N–H and O–H groups in total. The number of nitrogens with zero attached hydrogens (tertiary/aromatic N) is 3. The van der Waals surface area contributed by atoms with E-state index in [1.165, 1.54) is 19.3 Å². The predicted octanol–water partition coefficient (Wildman–Crippen LogP) is 2.69. The summed E-state index contributed by atoms with van der Waals surface area (Å²) in [5.41, 5.74) is 2.06. The summed E-state index contributed by atoms with van der Waals surface area (Å²) in [6.07, 6.45) is 8.35. The highest BCUT2D eigenvalue weighted by molar-refractivity contribution is 5.57. The molecule has 0 saturated heterocycles. The maximum absolute atomic E-state index is 5.52. The molecule has 3 rings (SSSR count). The standard InChI is InChI=1S/C15H20N4O/c1-10-7-8-17-9-12(10)14-18-15(20-19-14)11-5-3-4-6-13(11)16-2/h7-9,11,13,16H,3-6H2,1-2H3. The van der Waals surface area contributed by atoms with Crippen molar-refractivity contribution in [3.63, 3.8) is 0 Å². The number of hydrogen-bond acceptors (Lipinski definition) is 5. The van der Waals surface area contributed by atoms with E-state index in [2.05, 4.69) is 20.4 Å². The lowest BCUT2D eigenvalue weighted by molar-refractivity contribution is 0.270. The van der Waals surface area contributed by atoms with E-state index >= 15 is 0 Å². The Morgan fingerprint density at radius 1 is 1.30 bits per heavy atom. The number of likely N-dealkylation sites (N-methyl/N-ethyl adjacent to an activating group) is 1. The van der Waals surface area contributed by atoms with E-state index in [4.69, 9.17) is 4.52 Å². The van der Waals surface area contributed by atoms with E-state index in [-0.39, 0.29) is 0 Å². The van der Waals surface area contributed by atoms with Crippen molar-refractivity contribution in [1.82, 2.24) is 20.4 Å². The van der Waals surface area contributed by atoms with Crippen LogP contribution >= 0.6 is 0 Å². The Labute approximate surface area is 118 Å². The number of aryl methyl sites for hydroxylation is 1. The van der Waals surface area contributed by atoms with Gasteiger partial charge in [-0.25, -0.2) is 0 Å². The zero-order valence-corrected chi connectivity index (χ0v) is 12.0. The molecule has 2 unspecified atom stereocenters. The topological polar surface area (TPSA) is 63.8 Å². The molecule has 0 amide bonds. The number of rotatable bonds is 3. The molecule has 0 aliphatic heterocycles. The van der Waals surface area contributed by atoms with Gasteiger partial charge in [0.05, 0.1) is 5.92 Å². The van der Waals surface area contributed by atoms with Crippen molar-refractivity contribution in [1.29, 1.82) is 0 Å². The summed E-state index contributed by atoms with van der Waals surface area (Å²) in [6.45, 7) is 2.03. The van der Waals surface area contributed by atoms with Crippen LogP contribution < -0.4 is 5.32 Å². The molecule has 0 aromatic carbocycles. The first-order valence-corrected chi connectivity index (χ1v) is 7.21. The van der Waals surface area contributed by atoms with Crippen molar-refractivity contribution in [3.8, 4) is 11.4 Å². The summed E-state index contributed by atoms with van der Waals surface area (Å²) < 4.78 is 5.52. The van der Waals surface area contributed by atoms with Gasteiger partial charge in [-0.05, 0) is 38.4 Å². The monoisotopic (exact) mass is 272 g/mol. The van der Waals surface area contributed by atoms with Crippen LogP contribution in [-0.2, 0) is 0 Å². The lowest BCUT2D eigenvalue weighted by Crippen LogP contribution is -2.34. The Morgan fingerprint density at radius 3 is 2.95 bits per heavy atom. The normalized spacial score (nSPS) is 22.9. The van der Waals surface area contributed by atoms with Gasteiger partial charge in [0.2, 0.25) is 11.7 Å². The second-order valence-corrected chi connectivity index (χ2v) is 5.43. The molecule has 1 aliphatic carbocycles. The van der Waals surface area contributed by atoms with Crippen molar-refractivity contribution >= 4 is 0 Å². The van der Waals surface area contributed by atoms with Crippen LogP contribution in [0.1, 0.15) is 43.1 Å². The molecular weight excluding hydrogens is 252 g/mol. The SMILES string of the molecule is CNC1CCCCC1c1nc(-c2cnccc2C)no1. The zero-order chi connectivity index (χ0) is 13.9. The molecular formula is C15H20N4O. The molecule has 5 heteroatoms. The third kappa shape index (κ3) is 2.45. The Bertz CT molecular complexity index is 581. The minimum Gasteiger partial charge on any atom is -0.339 e. The summed E-state index contributed by atoms with van der Waals surface area (Å²) in [4.78, 5) is 8.75. The van der Waals surface area contributed by atoms with E-state index in [1.54, 1.807) is 12.4 Å². The van der Waals surface area contributed by atoms with E-state index in [0.717, 1.165) is 23.4 Å². The fraction of sp³-hybridized carbons (Fsp3) is 0.533. The molecule has 20 heavy (non-hydrogen) atoms. The van der Waals surface area contributed by atoms with Gasteiger partial charge in [0, 0.05) is 24.0 Å². The van der Waals surface area contributed by atoms with Gasteiger partial charge in [-0.2, -0.15) is 4.98 Å². The van der Waals surface area contributed by atoms with Crippen molar-refractivity contribution in [2.75, 3.05) is 7.05 Å². The smallest absolute Gasteiger partial charge is 0.231 e. The van der Waals surface area contributed by atoms with Crippen LogP contribution in [0.15, 0.2) is 23.0 Å². The Kier molecular flexibility index (Phi) is 3.78. The lowest BCUT2D eigenvalue weighted by atomic mass is 9.84. The van der Waals surface area contributed by atoms with Gasteiger partial charge < -0.3 is 9.84 Å². The summed E-state index contributed by atoms with van der Waals surface area (Å²) in [6, 6.07) is 2.40. The Hall–Kier alpha value is -1.75. The third-order valence-electron chi connectivity index (χ3n) is 4.18. The van der Waals surface area contributed by atoms with Crippen molar-refractivity contribution in [2.45, 2.75) is 44.6 Å².